The number of Topliss-reactive ketones (excluding diaryl/α,β-unsaturated/α-hetero) is 1. The molecule has 1 aromatic carbocycles. The Hall–Kier alpha value is -2.45. The van der Waals surface area contributed by atoms with Crippen LogP contribution in [0.5, 0.6) is 0 Å². The van der Waals surface area contributed by atoms with Crippen molar-refractivity contribution in [3.8, 4) is 6.07 Å². The fraction of sp³-hybridized carbons (Fsp3) is 0.0714. The molecular formula is C14H10N2O2S. The lowest BCUT2D eigenvalue weighted by Crippen LogP contribution is -2.28. The van der Waals surface area contributed by atoms with E-state index in [1.165, 1.54) is 11.3 Å². The molecule has 0 aliphatic rings. The van der Waals surface area contributed by atoms with E-state index >= 15 is 0 Å². The molecule has 0 aliphatic carbocycles. The van der Waals surface area contributed by atoms with Crippen LogP contribution < -0.4 is 5.32 Å². The summed E-state index contributed by atoms with van der Waals surface area (Å²) in [6.45, 7) is 0. The van der Waals surface area contributed by atoms with Crippen molar-refractivity contribution in [1.29, 1.82) is 5.26 Å². The second kappa shape index (κ2) is 5.94. The van der Waals surface area contributed by atoms with E-state index in [2.05, 4.69) is 5.32 Å². The van der Waals surface area contributed by atoms with Crippen molar-refractivity contribution < 1.29 is 9.59 Å². The van der Waals surface area contributed by atoms with Crippen molar-refractivity contribution in [2.75, 3.05) is 5.32 Å². The van der Waals surface area contributed by atoms with Crippen molar-refractivity contribution in [2.24, 2.45) is 5.92 Å². The third-order valence-corrected chi connectivity index (χ3v) is 3.34. The highest BCUT2D eigenvalue weighted by atomic mass is 32.1. The molecule has 0 bridgehead atoms. The zero-order valence-electron chi connectivity index (χ0n) is 9.87. The first-order chi connectivity index (χ1) is 9.22. The van der Waals surface area contributed by atoms with Gasteiger partial charge in [0.1, 0.15) is 0 Å². The highest BCUT2D eigenvalue weighted by molar-refractivity contribution is 7.12. The van der Waals surface area contributed by atoms with Gasteiger partial charge in [-0.2, -0.15) is 5.26 Å². The molecule has 19 heavy (non-hydrogen) atoms. The number of rotatable bonds is 4. The van der Waals surface area contributed by atoms with E-state index in [0.717, 1.165) is 0 Å². The zero-order valence-corrected chi connectivity index (χ0v) is 10.7. The quantitative estimate of drug-likeness (QED) is 0.686. The molecule has 1 aromatic heterocycles. The Labute approximate surface area is 114 Å². The van der Waals surface area contributed by atoms with Gasteiger partial charge in [0.2, 0.25) is 5.91 Å². The maximum absolute atomic E-state index is 12.0. The fourth-order valence-corrected chi connectivity index (χ4v) is 2.23. The van der Waals surface area contributed by atoms with Gasteiger partial charge >= 0.3 is 0 Å². The SMILES string of the molecule is N#CC(C(=O)Nc1ccccc1)C(=O)c1cccs1. The number of thiophene rings is 1. The molecule has 1 heterocycles. The minimum Gasteiger partial charge on any atom is -0.325 e. The van der Waals surface area contributed by atoms with E-state index in [1.807, 2.05) is 6.07 Å². The Morgan fingerprint density at radius 3 is 2.47 bits per heavy atom. The van der Waals surface area contributed by atoms with Crippen LogP contribution in [0.25, 0.3) is 0 Å². The highest BCUT2D eigenvalue weighted by Gasteiger charge is 2.28. The summed E-state index contributed by atoms with van der Waals surface area (Å²) in [5.74, 6) is -2.39. The number of ketones is 1. The molecule has 1 amide bonds. The number of benzene rings is 1. The van der Waals surface area contributed by atoms with Crippen molar-refractivity contribution in [3.63, 3.8) is 0 Å². The number of nitrogens with zero attached hydrogens (tertiary/aromatic N) is 1. The van der Waals surface area contributed by atoms with Gasteiger partial charge in [0, 0.05) is 5.69 Å². The number of para-hydroxylation sites is 1. The maximum atomic E-state index is 12.0. The minimum absolute atomic E-state index is 0.412. The number of amides is 1. The van der Waals surface area contributed by atoms with Crippen LogP contribution in [0.2, 0.25) is 0 Å². The Balaban J connectivity index is 2.13. The standard InChI is InChI=1S/C14H10N2O2S/c15-9-11(13(17)12-7-4-8-19-12)14(18)16-10-5-2-1-3-6-10/h1-8,11H,(H,16,18). The van der Waals surface area contributed by atoms with E-state index in [-0.39, 0.29) is 0 Å². The van der Waals surface area contributed by atoms with E-state index in [9.17, 15) is 9.59 Å². The second-order valence-electron chi connectivity index (χ2n) is 3.76. The number of hydrogen-bond donors (Lipinski definition) is 1. The molecule has 5 heteroatoms. The van der Waals surface area contributed by atoms with Crippen LogP contribution in [-0.4, -0.2) is 11.7 Å². The summed E-state index contributed by atoms with van der Waals surface area (Å²) in [6.07, 6.45) is 0. The molecule has 2 aromatic rings. The smallest absolute Gasteiger partial charge is 0.249 e. The molecule has 0 aliphatic heterocycles. The number of hydrogen-bond acceptors (Lipinski definition) is 4. The maximum Gasteiger partial charge on any atom is 0.249 e. The summed E-state index contributed by atoms with van der Waals surface area (Å²) >= 11 is 1.22. The van der Waals surface area contributed by atoms with Gasteiger partial charge in [-0.1, -0.05) is 24.3 Å². The normalized spacial score (nSPS) is 11.3. The van der Waals surface area contributed by atoms with E-state index < -0.39 is 17.6 Å². The van der Waals surface area contributed by atoms with Gasteiger partial charge in [-0.15, -0.1) is 11.3 Å². The number of nitriles is 1. The Bertz CT molecular complexity index is 615. The predicted molar refractivity (Wildman–Crippen MR) is 72.8 cm³/mol. The summed E-state index contributed by atoms with van der Waals surface area (Å²) in [5.41, 5.74) is 0.562. The number of anilines is 1. The average molecular weight is 270 g/mol. The van der Waals surface area contributed by atoms with E-state index in [4.69, 9.17) is 5.26 Å². The first-order valence-corrected chi connectivity index (χ1v) is 6.43. The molecule has 0 saturated carbocycles. The monoisotopic (exact) mass is 270 g/mol. The van der Waals surface area contributed by atoms with Crippen LogP contribution in [0.3, 0.4) is 0 Å². The largest absolute Gasteiger partial charge is 0.325 e. The molecule has 1 unspecified atom stereocenters. The van der Waals surface area contributed by atoms with Gasteiger partial charge in [0.05, 0.1) is 10.9 Å². The van der Waals surface area contributed by atoms with Crippen LogP contribution in [0.4, 0.5) is 5.69 Å². The molecule has 0 spiro atoms. The molecule has 1 N–H and O–H groups in total. The lowest BCUT2D eigenvalue weighted by Gasteiger charge is -2.08. The van der Waals surface area contributed by atoms with Gasteiger partial charge in [-0.3, -0.25) is 9.59 Å². The third-order valence-electron chi connectivity index (χ3n) is 2.46. The van der Waals surface area contributed by atoms with Crippen LogP contribution in [0, 0.1) is 17.2 Å². The molecule has 0 fully saturated rings. The third kappa shape index (κ3) is 3.06. The number of nitrogens with one attached hydrogen (secondary N) is 1. The molecule has 2 rings (SSSR count). The van der Waals surface area contributed by atoms with Crippen molar-refractivity contribution >= 4 is 28.7 Å². The molecule has 1 atom stereocenters. The predicted octanol–water partition coefficient (Wildman–Crippen LogP) is 2.71. The average Bonchev–Trinajstić information content (AvgIpc) is 2.94. The van der Waals surface area contributed by atoms with Crippen LogP contribution in [-0.2, 0) is 4.79 Å². The van der Waals surface area contributed by atoms with Gasteiger partial charge in [-0.05, 0) is 23.6 Å². The zero-order chi connectivity index (χ0) is 13.7. The van der Waals surface area contributed by atoms with Crippen molar-refractivity contribution in [1.82, 2.24) is 0 Å². The van der Waals surface area contributed by atoms with Crippen LogP contribution in [0.1, 0.15) is 9.67 Å². The lowest BCUT2D eigenvalue weighted by atomic mass is 10.0. The molecule has 4 nitrogen and oxygen atoms in total. The summed E-state index contributed by atoms with van der Waals surface area (Å²) in [4.78, 5) is 24.3. The first kappa shape index (κ1) is 13.0. The molecule has 0 radical (unpaired) electrons. The lowest BCUT2D eigenvalue weighted by molar-refractivity contribution is -0.117. The Kier molecular flexibility index (Phi) is 4.06. The Morgan fingerprint density at radius 2 is 1.89 bits per heavy atom. The van der Waals surface area contributed by atoms with Gasteiger partial charge in [0.15, 0.2) is 11.7 Å². The summed E-state index contributed by atoms with van der Waals surface area (Å²) in [5, 5.41) is 13.3. The van der Waals surface area contributed by atoms with Crippen LogP contribution >= 0.6 is 11.3 Å². The summed E-state index contributed by atoms with van der Waals surface area (Å²) < 4.78 is 0. The first-order valence-electron chi connectivity index (χ1n) is 5.55. The topological polar surface area (TPSA) is 70.0 Å². The summed E-state index contributed by atoms with van der Waals surface area (Å²) in [6, 6.07) is 13.8. The Morgan fingerprint density at radius 1 is 1.16 bits per heavy atom. The molecule has 94 valence electrons. The van der Waals surface area contributed by atoms with Gasteiger partial charge in [-0.25, -0.2) is 0 Å². The van der Waals surface area contributed by atoms with Gasteiger partial charge in [0.25, 0.3) is 0 Å². The highest BCUT2D eigenvalue weighted by Crippen LogP contribution is 2.16. The minimum atomic E-state index is -1.32. The van der Waals surface area contributed by atoms with Crippen LogP contribution in [0.15, 0.2) is 47.8 Å². The van der Waals surface area contributed by atoms with Gasteiger partial charge < -0.3 is 5.32 Å². The van der Waals surface area contributed by atoms with Crippen molar-refractivity contribution in [3.05, 3.63) is 52.7 Å². The molecular weight excluding hydrogens is 260 g/mol. The number of carbonyl (C=O) groups is 2. The van der Waals surface area contributed by atoms with E-state index in [0.29, 0.717) is 10.6 Å². The molecule has 0 saturated heterocycles. The second-order valence-corrected chi connectivity index (χ2v) is 4.71. The number of carbonyl (C=O) groups excluding carboxylic acids is 2. The van der Waals surface area contributed by atoms with Crippen molar-refractivity contribution in [2.45, 2.75) is 0 Å². The fourth-order valence-electron chi connectivity index (χ4n) is 1.53. The summed E-state index contributed by atoms with van der Waals surface area (Å²) in [7, 11) is 0. The van der Waals surface area contributed by atoms with E-state index in [1.54, 1.807) is 47.8 Å².